The van der Waals surface area contributed by atoms with Crippen LogP contribution >= 0.6 is 0 Å². The first-order valence-corrected chi connectivity index (χ1v) is 11.3. The molecule has 0 heterocycles. The molecule has 0 amide bonds. The Morgan fingerprint density at radius 3 is 2.00 bits per heavy atom. The van der Waals surface area contributed by atoms with Crippen LogP contribution in [0, 0.1) is 23.7 Å². The van der Waals surface area contributed by atoms with Gasteiger partial charge < -0.3 is 14.2 Å². The molecule has 5 nitrogen and oxygen atoms in total. The molecule has 0 aliphatic rings. The summed E-state index contributed by atoms with van der Waals surface area (Å²) in [6, 6.07) is 8.32. The van der Waals surface area contributed by atoms with Gasteiger partial charge in [0.05, 0.1) is 6.61 Å². The van der Waals surface area contributed by atoms with Crippen molar-refractivity contribution in [2.75, 3.05) is 19.8 Å². The van der Waals surface area contributed by atoms with Crippen molar-refractivity contribution in [3.63, 3.8) is 0 Å². The number of carbonyl (C=O) groups is 2. The van der Waals surface area contributed by atoms with E-state index < -0.39 is 5.97 Å². The fraction of sp³-hybridized carbons (Fsp3) is 0.615. The molecule has 0 N–H and O–H groups in total. The maximum absolute atomic E-state index is 11.7. The zero-order valence-electron chi connectivity index (χ0n) is 20.1. The van der Waals surface area contributed by atoms with E-state index in [4.69, 9.17) is 14.2 Å². The Kier molecular flexibility index (Phi) is 12.0. The van der Waals surface area contributed by atoms with Crippen molar-refractivity contribution in [1.29, 1.82) is 0 Å². The summed E-state index contributed by atoms with van der Waals surface area (Å²) in [6.45, 7) is 17.8. The summed E-state index contributed by atoms with van der Waals surface area (Å²) in [5.74, 6) is 2.86. The second kappa shape index (κ2) is 13.9. The van der Waals surface area contributed by atoms with Crippen molar-refractivity contribution in [2.24, 2.45) is 23.7 Å². The molecule has 1 rings (SSSR count). The third kappa shape index (κ3) is 9.58. The monoisotopic (exact) mass is 432 g/mol. The topological polar surface area (TPSA) is 61.8 Å². The quantitative estimate of drug-likeness (QED) is 0.212. The molecule has 1 atom stereocenters. The Balaban J connectivity index is 2.47. The SMILES string of the molecule is C=CC(=O)OCCCC(=O)OCCOc1ccc(C(C(C)C)C(C(C)C)C(C)C)cc1. The van der Waals surface area contributed by atoms with Crippen LogP contribution in [0.3, 0.4) is 0 Å². The van der Waals surface area contributed by atoms with Gasteiger partial charge in [-0.1, -0.05) is 60.3 Å². The molecule has 1 aromatic rings. The van der Waals surface area contributed by atoms with Crippen LogP contribution in [0.2, 0.25) is 0 Å². The lowest BCUT2D eigenvalue weighted by molar-refractivity contribution is -0.146. The van der Waals surface area contributed by atoms with E-state index in [0.29, 0.717) is 42.6 Å². The van der Waals surface area contributed by atoms with Crippen LogP contribution in [-0.2, 0) is 19.1 Å². The van der Waals surface area contributed by atoms with Crippen LogP contribution in [0.5, 0.6) is 5.75 Å². The van der Waals surface area contributed by atoms with Crippen molar-refractivity contribution in [3.05, 3.63) is 42.5 Å². The maximum Gasteiger partial charge on any atom is 0.330 e. The van der Waals surface area contributed by atoms with Crippen LogP contribution in [0.1, 0.15) is 65.9 Å². The van der Waals surface area contributed by atoms with Gasteiger partial charge in [-0.05, 0) is 53.7 Å². The lowest BCUT2D eigenvalue weighted by Gasteiger charge is -2.36. The van der Waals surface area contributed by atoms with E-state index in [-0.39, 0.29) is 25.6 Å². The van der Waals surface area contributed by atoms with Crippen LogP contribution < -0.4 is 4.74 Å². The standard InChI is InChI=1S/C26H40O5/c1-8-23(27)30-15-9-10-24(28)31-17-16-29-22-13-11-21(12-14-22)26(20(6)7)25(18(2)3)19(4)5/h8,11-14,18-20,25-26H,1,9-10,15-17H2,2-7H3. The molecular weight excluding hydrogens is 392 g/mol. The molecule has 0 saturated carbocycles. The Bertz CT molecular complexity index is 668. The highest BCUT2D eigenvalue weighted by molar-refractivity contribution is 5.81. The van der Waals surface area contributed by atoms with Crippen molar-refractivity contribution >= 4 is 11.9 Å². The summed E-state index contributed by atoms with van der Waals surface area (Å²) in [6.07, 6.45) is 1.71. The molecular formula is C26H40O5. The van der Waals surface area contributed by atoms with E-state index in [9.17, 15) is 9.59 Å². The van der Waals surface area contributed by atoms with Crippen molar-refractivity contribution < 1.29 is 23.8 Å². The molecule has 0 aromatic heterocycles. The first-order valence-electron chi connectivity index (χ1n) is 11.3. The molecule has 1 unspecified atom stereocenters. The predicted octanol–water partition coefficient (Wildman–Crippen LogP) is 5.79. The van der Waals surface area contributed by atoms with Gasteiger partial charge in [0.15, 0.2) is 0 Å². The van der Waals surface area contributed by atoms with E-state index in [2.05, 4.69) is 60.3 Å². The highest BCUT2D eigenvalue weighted by Crippen LogP contribution is 2.41. The summed E-state index contributed by atoms with van der Waals surface area (Å²) < 4.78 is 15.7. The first-order chi connectivity index (χ1) is 14.7. The van der Waals surface area contributed by atoms with Gasteiger partial charge in [0, 0.05) is 12.5 Å². The van der Waals surface area contributed by atoms with Crippen LogP contribution in [0.4, 0.5) is 0 Å². The fourth-order valence-electron chi connectivity index (χ4n) is 4.27. The molecule has 31 heavy (non-hydrogen) atoms. The van der Waals surface area contributed by atoms with Gasteiger partial charge >= 0.3 is 11.9 Å². The van der Waals surface area contributed by atoms with Gasteiger partial charge in [-0.3, -0.25) is 4.79 Å². The van der Waals surface area contributed by atoms with Crippen LogP contribution in [0.15, 0.2) is 36.9 Å². The van der Waals surface area contributed by atoms with E-state index in [1.165, 1.54) is 5.56 Å². The van der Waals surface area contributed by atoms with Gasteiger partial charge in [0.2, 0.25) is 0 Å². The minimum Gasteiger partial charge on any atom is -0.490 e. The Morgan fingerprint density at radius 2 is 1.48 bits per heavy atom. The highest BCUT2D eigenvalue weighted by Gasteiger charge is 2.30. The highest BCUT2D eigenvalue weighted by atomic mass is 16.6. The predicted molar refractivity (Wildman–Crippen MR) is 124 cm³/mol. The number of rotatable bonds is 14. The fourth-order valence-corrected chi connectivity index (χ4v) is 4.27. The zero-order valence-corrected chi connectivity index (χ0v) is 20.1. The Labute approximate surface area is 188 Å². The Hall–Kier alpha value is -2.30. The zero-order chi connectivity index (χ0) is 23.4. The van der Waals surface area contributed by atoms with Gasteiger partial charge in [0.25, 0.3) is 0 Å². The van der Waals surface area contributed by atoms with E-state index in [1.54, 1.807) is 0 Å². The molecule has 0 radical (unpaired) electrons. The number of ether oxygens (including phenoxy) is 3. The molecule has 0 aliphatic carbocycles. The molecule has 5 heteroatoms. The normalized spacial score (nSPS) is 12.3. The molecule has 0 bridgehead atoms. The molecule has 0 spiro atoms. The van der Waals surface area contributed by atoms with Gasteiger partial charge in [-0.2, -0.15) is 0 Å². The lowest BCUT2D eigenvalue weighted by atomic mass is 9.68. The number of hydrogen-bond donors (Lipinski definition) is 0. The average molecular weight is 433 g/mol. The minimum absolute atomic E-state index is 0.175. The third-order valence-electron chi connectivity index (χ3n) is 5.49. The largest absolute Gasteiger partial charge is 0.490 e. The number of esters is 2. The minimum atomic E-state index is -0.489. The number of carbonyl (C=O) groups excluding carboxylic acids is 2. The van der Waals surface area contributed by atoms with E-state index in [1.807, 2.05) is 12.1 Å². The Morgan fingerprint density at radius 1 is 0.871 bits per heavy atom. The smallest absolute Gasteiger partial charge is 0.330 e. The van der Waals surface area contributed by atoms with Gasteiger partial charge in [0.1, 0.15) is 19.0 Å². The summed E-state index contributed by atoms with van der Waals surface area (Å²) in [4.78, 5) is 22.6. The summed E-state index contributed by atoms with van der Waals surface area (Å²) in [7, 11) is 0. The number of benzene rings is 1. The molecule has 0 aliphatic heterocycles. The van der Waals surface area contributed by atoms with Gasteiger partial charge in [-0.15, -0.1) is 0 Å². The first kappa shape index (κ1) is 26.7. The van der Waals surface area contributed by atoms with Crippen LogP contribution in [-0.4, -0.2) is 31.8 Å². The van der Waals surface area contributed by atoms with Crippen LogP contribution in [0.25, 0.3) is 0 Å². The molecule has 1 aromatic carbocycles. The lowest BCUT2D eigenvalue weighted by Crippen LogP contribution is -2.27. The van der Waals surface area contributed by atoms with Gasteiger partial charge in [-0.25, -0.2) is 4.79 Å². The number of hydrogen-bond acceptors (Lipinski definition) is 5. The van der Waals surface area contributed by atoms with Crippen molar-refractivity contribution in [2.45, 2.75) is 60.3 Å². The van der Waals surface area contributed by atoms with Crippen molar-refractivity contribution in [3.8, 4) is 5.75 Å². The molecule has 174 valence electrons. The maximum atomic E-state index is 11.7. The summed E-state index contributed by atoms with van der Waals surface area (Å²) in [5, 5.41) is 0. The average Bonchev–Trinajstić information content (AvgIpc) is 2.72. The molecule has 0 fully saturated rings. The summed E-state index contributed by atoms with van der Waals surface area (Å²) >= 11 is 0. The second-order valence-electron chi connectivity index (χ2n) is 8.95. The third-order valence-corrected chi connectivity index (χ3v) is 5.49. The van der Waals surface area contributed by atoms with E-state index >= 15 is 0 Å². The van der Waals surface area contributed by atoms with E-state index in [0.717, 1.165) is 11.8 Å². The second-order valence-corrected chi connectivity index (χ2v) is 8.95. The van der Waals surface area contributed by atoms with Crippen molar-refractivity contribution in [1.82, 2.24) is 0 Å². The molecule has 0 saturated heterocycles. The summed E-state index contributed by atoms with van der Waals surface area (Å²) in [5.41, 5.74) is 1.35.